The van der Waals surface area contributed by atoms with Crippen LogP contribution in [0, 0.1) is 12.8 Å². The SMILES string of the molecule is Cc1nnc(N2CCC(CC(=O)NC3CCCC3)CC2)c2ccccc12. The van der Waals surface area contributed by atoms with Gasteiger partial charge in [-0.2, -0.15) is 5.10 Å². The number of hydrogen-bond acceptors (Lipinski definition) is 4. The van der Waals surface area contributed by atoms with Gasteiger partial charge in [0.25, 0.3) is 0 Å². The number of anilines is 1. The van der Waals surface area contributed by atoms with Crippen LogP contribution < -0.4 is 10.2 Å². The average Bonchev–Trinajstić information content (AvgIpc) is 3.16. The first-order valence-electron chi connectivity index (χ1n) is 9.97. The molecule has 0 radical (unpaired) electrons. The van der Waals surface area contributed by atoms with Crippen LogP contribution in [0.5, 0.6) is 0 Å². The lowest BCUT2D eigenvalue weighted by Crippen LogP contribution is -2.38. The Morgan fingerprint density at radius 2 is 1.77 bits per heavy atom. The van der Waals surface area contributed by atoms with Crippen molar-refractivity contribution in [2.75, 3.05) is 18.0 Å². The molecule has 0 spiro atoms. The molecule has 4 rings (SSSR count). The van der Waals surface area contributed by atoms with Gasteiger partial charge in [0, 0.05) is 36.3 Å². The van der Waals surface area contributed by atoms with Gasteiger partial charge in [-0.3, -0.25) is 4.79 Å². The van der Waals surface area contributed by atoms with E-state index in [1.165, 1.54) is 23.6 Å². The molecule has 2 heterocycles. The molecular weight excluding hydrogens is 324 g/mol. The molecule has 1 saturated carbocycles. The van der Waals surface area contributed by atoms with Crippen molar-refractivity contribution < 1.29 is 4.79 Å². The molecule has 5 nitrogen and oxygen atoms in total. The molecule has 2 fully saturated rings. The minimum absolute atomic E-state index is 0.246. The molecule has 5 heteroatoms. The molecule has 138 valence electrons. The van der Waals surface area contributed by atoms with Crippen molar-refractivity contribution in [3.8, 4) is 0 Å². The van der Waals surface area contributed by atoms with Crippen LogP contribution in [-0.4, -0.2) is 35.2 Å². The van der Waals surface area contributed by atoms with E-state index in [4.69, 9.17) is 0 Å². The number of piperidine rings is 1. The Balaban J connectivity index is 1.36. The fraction of sp³-hybridized carbons (Fsp3) is 0.571. The predicted molar refractivity (Wildman–Crippen MR) is 104 cm³/mol. The van der Waals surface area contributed by atoms with E-state index in [2.05, 4.69) is 44.7 Å². The molecule has 1 aromatic carbocycles. The van der Waals surface area contributed by atoms with E-state index in [-0.39, 0.29) is 5.91 Å². The van der Waals surface area contributed by atoms with Crippen molar-refractivity contribution in [3.05, 3.63) is 30.0 Å². The number of aromatic nitrogens is 2. The van der Waals surface area contributed by atoms with Gasteiger partial charge in [-0.15, -0.1) is 5.10 Å². The summed E-state index contributed by atoms with van der Waals surface area (Å²) in [6.45, 7) is 3.90. The topological polar surface area (TPSA) is 58.1 Å². The molecule has 1 saturated heterocycles. The van der Waals surface area contributed by atoms with Gasteiger partial charge in [-0.25, -0.2) is 0 Å². The lowest BCUT2D eigenvalue weighted by Gasteiger charge is -2.33. The van der Waals surface area contributed by atoms with E-state index < -0.39 is 0 Å². The number of nitrogens with one attached hydrogen (secondary N) is 1. The minimum atomic E-state index is 0.246. The van der Waals surface area contributed by atoms with Gasteiger partial charge < -0.3 is 10.2 Å². The number of rotatable bonds is 4. The molecule has 1 aromatic heterocycles. The van der Waals surface area contributed by atoms with Gasteiger partial charge in [-0.1, -0.05) is 37.1 Å². The van der Waals surface area contributed by atoms with Crippen LogP contribution in [0.15, 0.2) is 24.3 Å². The van der Waals surface area contributed by atoms with E-state index in [1.807, 2.05) is 6.92 Å². The second kappa shape index (κ2) is 7.60. The quantitative estimate of drug-likeness (QED) is 0.913. The third-order valence-corrected chi connectivity index (χ3v) is 5.96. The minimum Gasteiger partial charge on any atom is -0.355 e. The number of carbonyl (C=O) groups is 1. The van der Waals surface area contributed by atoms with Crippen LogP contribution in [-0.2, 0) is 4.79 Å². The smallest absolute Gasteiger partial charge is 0.220 e. The molecule has 2 aliphatic rings. The molecule has 2 aromatic rings. The molecule has 1 aliphatic heterocycles. The van der Waals surface area contributed by atoms with Crippen molar-refractivity contribution in [2.24, 2.45) is 5.92 Å². The van der Waals surface area contributed by atoms with E-state index in [0.29, 0.717) is 18.4 Å². The highest BCUT2D eigenvalue weighted by atomic mass is 16.1. The van der Waals surface area contributed by atoms with Crippen molar-refractivity contribution in [2.45, 2.75) is 57.9 Å². The van der Waals surface area contributed by atoms with Crippen molar-refractivity contribution in [1.29, 1.82) is 0 Å². The summed E-state index contributed by atoms with van der Waals surface area (Å²) in [7, 11) is 0. The monoisotopic (exact) mass is 352 g/mol. The van der Waals surface area contributed by atoms with Gasteiger partial charge in [0.15, 0.2) is 5.82 Å². The Labute approximate surface area is 155 Å². The fourth-order valence-electron chi connectivity index (χ4n) is 4.43. The third kappa shape index (κ3) is 3.67. The molecule has 1 aliphatic carbocycles. The summed E-state index contributed by atoms with van der Waals surface area (Å²) in [6.07, 6.45) is 7.59. The Bertz CT molecular complexity index is 777. The molecule has 1 amide bonds. The van der Waals surface area contributed by atoms with Gasteiger partial charge in [0.1, 0.15) is 0 Å². The van der Waals surface area contributed by atoms with Crippen LogP contribution >= 0.6 is 0 Å². The van der Waals surface area contributed by atoms with Gasteiger partial charge in [0.2, 0.25) is 5.91 Å². The van der Waals surface area contributed by atoms with Gasteiger partial charge in [-0.05, 0) is 38.5 Å². The molecule has 0 atom stereocenters. The second-order valence-corrected chi connectivity index (χ2v) is 7.84. The van der Waals surface area contributed by atoms with Crippen molar-refractivity contribution in [3.63, 3.8) is 0 Å². The number of carbonyl (C=O) groups excluding carboxylic acids is 1. The summed E-state index contributed by atoms with van der Waals surface area (Å²) in [4.78, 5) is 14.6. The number of nitrogens with zero attached hydrogens (tertiary/aromatic N) is 3. The zero-order valence-electron chi connectivity index (χ0n) is 15.6. The standard InChI is InChI=1S/C21H28N4O/c1-15-18-8-4-5-9-19(18)21(24-23-15)25-12-10-16(11-13-25)14-20(26)22-17-6-2-3-7-17/h4-5,8-9,16-17H,2-3,6-7,10-14H2,1H3,(H,22,26). The van der Waals surface area contributed by atoms with E-state index in [1.54, 1.807) is 0 Å². The van der Waals surface area contributed by atoms with Crippen LogP contribution in [0.1, 0.15) is 50.6 Å². The maximum atomic E-state index is 12.3. The molecule has 0 unspecified atom stereocenters. The zero-order chi connectivity index (χ0) is 17.9. The van der Waals surface area contributed by atoms with E-state index >= 15 is 0 Å². The van der Waals surface area contributed by atoms with Gasteiger partial charge >= 0.3 is 0 Å². The van der Waals surface area contributed by atoms with Crippen LogP contribution in [0.3, 0.4) is 0 Å². The average molecular weight is 352 g/mol. The highest BCUT2D eigenvalue weighted by Gasteiger charge is 2.25. The summed E-state index contributed by atoms with van der Waals surface area (Å²) in [6, 6.07) is 8.79. The largest absolute Gasteiger partial charge is 0.355 e. The van der Waals surface area contributed by atoms with Gasteiger partial charge in [0.05, 0.1) is 5.69 Å². The Morgan fingerprint density at radius 3 is 2.50 bits per heavy atom. The van der Waals surface area contributed by atoms with E-state index in [0.717, 1.165) is 50.3 Å². The maximum absolute atomic E-state index is 12.3. The summed E-state index contributed by atoms with van der Waals surface area (Å²) in [5, 5.41) is 14.4. The fourth-order valence-corrected chi connectivity index (χ4v) is 4.43. The molecular formula is C21H28N4O. The number of fused-ring (bicyclic) bond motifs is 1. The lowest BCUT2D eigenvalue weighted by atomic mass is 9.93. The highest BCUT2D eigenvalue weighted by molar-refractivity contribution is 5.93. The molecule has 1 N–H and O–H groups in total. The lowest BCUT2D eigenvalue weighted by molar-refractivity contribution is -0.122. The summed E-state index contributed by atoms with van der Waals surface area (Å²) >= 11 is 0. The summed E-state index contributed by atoms with van der Waals surface area (Å²) in [5.74, 6) is 1.72. The van der Waals surface area contributed by atoms with Crippen LogP contribution in [0.25, 0.3) is 10.8 Å². The molecule has 26 heavy (non-hydrogen) atoms. The van der Waals surface area contributed by atoms with E-state index in [9.17, 15) is 4.79 Å². The first kappa shape index (κ1) is 17.3. The summed E-state index contributed by atoms with van der Waals surface area (Å²) < 4.78 is 0. The summed E-state index contributed by atoms with van der Waals surface area (Å²) in [5.41, 5.74) is 0.975. The number of aryl methyl sites for hydroxylation is 1. The Hall–Kier alpha value is -2.17. The Kier molecular flexibility index (Phi) is 5.05. The zero-order valence-corrected chi connectivity index (χ0v) is 15.6. The predicted octanol–water partition coefficient (Wildman–Crippen LogP) is 3.60. The second-order valence-electron chi connectivity index (χ2n) is 7.84. The van der Waals surface area contributed by atoms with Crippen molar-refractivity contribution in [1.82, 2.24) is 15.5 Å². The first-order chi connectivity index (χ1) is 12.7. The Morgan fingerprint density at radius 1 is 1.08 bits per heavy atom. The molecule has 0 bridgehead atoms. The number of amides is 1. The third-order valence-electron chi connectivity index (χ3n) is 5.96. The van der Waals surface area contributed by atoms with Crippen LogP contribution in [0.4, 0.5) is 5.82 Å². The van der Waals surface area contributed by atoms with Crippen LogP contribution in [0.2, 0.25) is 0 Å². The number of hydrogen-bond donors (Lipinski definition) is 1. The first-order valence-corrected chi connectivity index (χ1v) is 9.97. The maximum Gasteiger partial charge on any atom is 0.220 e. The highest BCUT2D eigenvalue weighted by Crippen LogP contribution is 2.30. The normalized spacial score (nSPS) is 19.2. The van der Waals surface area contributed by atoms with Crippen molar-refractivity contribution >= 4 is 22.5 Å². The number of benzene rings is 1.